The minimum Gasteiger partial charge on any atom is -0.467 e. The van der Waals surface area contributed by atoms with Gasteiger partial charge >= 0.3 is 11.6 Å². The maximum atomic E-state index is 9.35. The second-order valence-corrected chi connectivity index (χ2v) is 10.9. The van der Waals surface area contributed by atoms with E-state index in [-0.39, 0.29) is 17.9 Å². The number of hydrogen-bond acceptors (Lipinski definition) is 9. The fraction of sp³-hybridized carbons (Fsp3) is 0.448. The van der Waals surface area contributed by atoms with Crippen molar-refractivity contribution in [2.24, 2.45) is 11.8 Å². The summed E-state index contributed by atoms with van der Waals surface area (Å²) in [7, 11) is 0. The molecule has 2 aromatic heterocycles. The van der Waals surface area contributed by atoms with Crippen molar-refractivity contribution < 1.29 is 13.9 Å². The predicted molar refractivity (Wildman–Crippen MR) is 143 cm³/mol. The van der Waals surface area contributed by atoms with Crippen LogP contribution in [0, 0.1) is 23.2 Å². The van der Waals surface area contributed by atoms with Gasteiger partial charge < -0.3 is 19.7 Å². The number of piperidine rings is 1. The largest absolute Gasteiger partial charge is 0.467 e. The standard InChI is InChI=1S/C29H30N7O3/c1-37-26-27(35-24-7-2-17(9-30)8-23(24)19-5-6-19)33-16-34-28(26)39-25-21-12-36(13-22(25)15-38-14-21)29-31-10-20(11-32-29)18-3-4-18/h2,7-8,10-11,16,18-19,21-22,25H,1,3-6,12-15H2,(H,33,34,35)/q+1. The first-order valence-corrected chi connectivity index (χ1v) is 13.6. The van der Waals surface area contributed by atoms with E-state index in [0.717, 1.165) is 43.1 Å². The normalized spacial score (nSPS) is 24.1. The molecular formula is C29H30N7O3+. The molecule has 2 bridgehead atoms. The number of aromatic nitrogens is 4. The number of benzene rings is 1. The number of anilines is 3. The molecule has 0 radical (unpaired) electrons. The molecule has 4 heterocycles. The van der Waals surface area contributed by atoms with Crippen LogP contribution in [0.5, 0.6) is 11.6 Å². The van der Waals surface area contributed by atoms with Crippen LogP contribution in [0.4, 0.5) is 17.5 Å². The summed E-state index contributed by atoms with van der Waals surface area (Å²) in [6.45, 7) is 6.31. The third kappa shape index (κ3) is 4.79. The lowest BCUT2D eigenvalue weighted by Crippen LogP contribution is -2.58. The summed E-state index contributed by atoms with van der Waals surface area (Å²) in [5.74, 6) is 3.26. The first-order valence-electron chi connectivity index (χ1n) is 13.6. The Labute approximate surface area is 226 Å². The quantitative estimate of drug-likeness (QED) is 0.431. The van der Waals surface area contributed by atoms with E-state index in [1.165, 1.54) is 24.7 Å². The van der Waals surface area contributed by atoms with Crippen LogP contribution in [0.15, 0.2) is 36.9 Å². The molecule has 10 heteroatoms. The molecule has 2 unspecified atom stereocenters. The fourth-order valence-corrected chi connectivity index (χ4v) is 5.77. The highest BCUT2D eigenvalue weighted by atomic mass is 16.5. The molecule has 198 valence electrons. The number of nitrogens with zero attached hydrogens (tertiary/aromatic N) is 6. The number of nitriles is 1. The van der Waals surface area contributed by atoms with E-state index in [1.807, 2.05) is 24.5 Å². The molecule has 7 rings (SSSR count). The van der Waals surface area contributed by atoms with Crippen LogP contribution in [0.2, 0.25) is 0 Å². The summed E-state index contributed by atoms with van der Waals surface area (Å²) < 4.78 is 18.0. The number of hydrogen-bond donors (Lipinski definition) is 1. The minimum absolute atomic E-state index is 0.102. The van der Waals surface area contributed by atoms with Crippen LogP contribution in [-0.2, 0) is 9.16 Å². The van der Waals surface area contributed by atoms with Crippen molar-refractivity contribution in [1.82, 2.24) is 19.9 Å². The van der Waals surface area contributed by atoms with Crippen molar-refractivity contribution in [2.75, 3.05) is 36.5 Å². The Morgan fingerprint density at radius 1 is 1.03 bits per heavy atom. The summed E-state index contributed by atoms with van der Waals surface area (Å²) in [6.07, 6.45) is 10.0. The zero-order valence-electron chi connectivity index (χ0n) is 21.6. The van der Waals surface area contributed by atoms with E-state index in [4.69, 9.17) is 13.9 Å². The molecule has 1 N–H and O–H groups in total. The van der Waals surface area contributed by atoms with Gasteiger partial charge in [-0.05, 0) is 66.8 Å². The molecule has 2 saturated carbocycles. The molecule has 0 spiro atoms. The summed E-state index contributed by atoms with van der Waals surface area (Å²) in [5.41, 5.74) is 3.88. The molecule has 10 nitrogen and oxygen atoms in total. The Morgan fingerprint density at radius 2 is 1.77 bits per heavy atom. The predicted octanol–water partition coefficient (Wildman–Crippen LogP) is 4.24. The SMILES string of the molecule is C=[O+]c1c(Nc2ccc(C#N)cc2C2CC2)ncnc1OC1C2COCC1CN(c1ncc(C3CC3)cn1)C2. The maximum absolute atomic E-state index is 9.35. The minimum atomic E-state index is -0.102. The van der Waals surface area contributed by atoms with Crippen molar-refractivity contribution in [3.8, 4) is 17.7 Å². The molecule has 2 aliphatic heterocycles. The average molecular weight is 525 g/mol. The number of nitrogens with one attached hydrogen (secondary N) is 1. The fourth-order valence-electron chi connectivity index (χ4n) is 5.77. The molecule has 2 aliphatic carbocycles. The van der Waals surface area contributed by atoms with E-state index in [1.54, 1.807) is 6.07 Å². The number of ether oxygens (including phenoxy) is 2. The highest BCUT2D eigenvalue weighted by molar-refractivity contribution is 5.68. The van der Waals surface area contributed by atoms with Gasteiger partial charge in [0.05, 0.1) is 24.8 Å². The number of carbonyl (C=O) groups excluding carboxylic acids is 1. The topological polar surface area (TPSA) is 120 Å². The monoisotopic (exact) mass is 524 g/mol. The van der Waals surface area contributed by atoms with E-state index >= 15 is 0 Å². The van der Waals surface area contributed by atoms with Gasteiger partial charge in [-0.1, -0.05) is 0 Å². The summed E-state index contributed by atoms with van der Waals surface area (Å²) in [4.78, 5) is 20.4. The van der Waals surface area contributed by atoms with E-state index in [0.29, 0.717) is 48.1 Å². The summed E-state index contributed by atoms with van der Waals surface area (Å²) in [6, 6.07) is 7.89. The molecule has 3 aromatic rings. The van der Waals surface area contributed by atoms with Gasteiger partial charge in [0.1, 0.15) is 12.4 Å². The lowest BCUT2D eigenvalue weighted by molar-refractivity contribution is -0.356. The van der Waals surface area contributed by atoms with Gasteiger partial charge in [-0.15, -0.1) is 0 Å². The van der Waals surface area contributed by atoms with Crippen LogP contribution < -0.4 is 15.0 Å². The summed E-state index contributed by atoms with van der Waals surface area (Å²) >= 11 is 0. The lowest BCUT2D eigenvalue weighted by Gasteiger charge is -2.46. The van der Waals surface area contributed by atoms with Crippen molar-refractivity contribution in [1.29, 1.82) is 5.26 Å². The molecule has 2 saturated heterocycles. The Kier molecular flexibility index (Phi) is 6.08. The molecule has 39 heavy (non-hydrogen) atoms. The zero-order valence-corrected chi connectivity index (χ0v) is 21.6. The highest BCUT2D eigenvalue weighted by Gasteiger charge is 2.44. The van der Waals surface area contributed by atoms with Gasteiger partial charge in [-0.25, -0.2) is 19.4 Å². The molecule has 4 fully saturated rings. The number of fused-ring (bicyclic) bond motifs is 2. The van der Waals surface area contributed by atoms with Gasteiger partial charge in [0.2, 0.25) is 11.8 Å². The second kappa shape index (κ2) is 9.89. The molecule has 1 aromatic carbocycles. The first-order chi connectivity index (χ1) is 19.2. The Morgan fingerprint density at radius 3 is 2.44 bits per heavy atom. The molecular weight excluding hydrogens is 494 g/mol. The highest BCUT2D eigenvalue weighted by Crippen LogP contribution is 2.46. The molecule has 4 aliphatic rings. The van der Waals surface area contributed by atoms with Crippen LogP contribution in [-0.4, -0.2) is 59.1 Å². The third-order valence-corrected chi connectivity index (χ3v) is 8.11. The van der Waals surface area contributed by atoms with Crippen molar-refractivity contribution in [3.63, 3.8) is 0 Å². The van der Waals surface area contributed by atoms with Gasteiger partial charge in [-0.3, -0.25) is 0 Å². The maximum Gasteiger partial charge on any atom is 0.455 e. The van der Waals surface area contributed by atoms with E-state index in [9.17, 15) is 5.26 Å². The van der Waals surface area contributed by atoms with Gasteiger partial charge in [0, 0.05) is 43.0 Å². The second-order valence-electron chi connectivity index (χ2n) is 10.9. The third-order valence-electron chi connectivity index (χ3n) is 8.11. The van der Waals surface area contributed by atoms with Crippen LogP contribution in [0.3, 0.4) is 0 Å². The zero-order chi connectivity index (χ0) is 26.3. The smallest absolute Gasteiger partial charge is 0.455 e. The molecule has 2 atom stereocenters. The van der Waals surface area contributed by atoms with Gasteiger partial charge in [0.15, 0.2) is 0 Å². The van der Waals surface area contributed by atoms with Crippen LogP contribution in [0.1, 0.15) is 54.2 Å². The van der Waals surface area contributed by atoms with Crippen LogP contribution in [0.25, 0.3) is 0 Å². The average Bonchev–Trinajstić information content (AvgIpc) is 3.87. The first kappa shape index (κ1) is 24.0. The molecule has 0 amide bonds. The lowest BCUT2D eigenvalue weighted by atomic mass is 9.84. The van der Waals surface area contributed by atoms with Crippen LogP contribution >= 0.6 is 0 Å². The Bertz CT molecular complexity index is 1420. The van der Waals surface area contributed by atoms with Gasteiger partial charge in [-0.2, -0.15) is 10.2 Å². The number of rotatable bonds is 8. The van der Waals surface area contributed by atoms with Crippen molar-refractivity contribution in [3.05, 3.63) is 53.6 Å². The Hall–Kier alpha value is -4.10. The van der Waals surface area contributed by atoms with Crippen molar-refractivity contribution >= 4 is 24.2 Å². The summed E-state index contributed by atoms with van der Waals surface area (Å²) in [5, 5.41) is 12.7. The van der Waals surface area contributed by atoms with E-state index in [2.05, 4.69) is 43.0 Å². The van der Waals surface area contributed by atoms with E-state index < -0.39 is 0 Å². The Balaban J connectivity index is 1.11. The van der Waals surface area contributed by atoms with Crippen molar-refractivity contribution in [2.45, 2.75) is 43.6 Å². The van der Waals surface area contributed by atoms with Gasteiger partial charge in [0.25, 0.3) is 6.79 Å².